The van der Waals surface area contributed by atoms with Gasteiger partial charge in [-0.05, 0) is 12.1 Å². The third-order valence-electron chi connectivity index (χ3n) is 2.53. The van der Waals surface area contributed by atoms with Gasteiger partial charge in [0.25, 0.3) is 0 Å². The molecule has 88 valence electrons. The largest absolute Gasteiger partial charge is 1.00 e. The second kappa shape index (κ2) is 6.54. The summed E-state index contributed by atoms with van der Waals surface area (Å²) < 4.78 is 1.94. The van der Waals surface area contributed by atoms with Gasteiger partial charge in [-0.15, -0.1) is 0 Å². The van der Waals surface area contributed by atoms with Crippen LogP contribution < -0.4 is 21.5 Å². The van der Waals surface area contributed by atoms with Crippen LogP contribution in [0.25, 0.3) is 0 Å². The van der Waals surface area contributed by atoms with Crippen LogP contribution in [-0.4, -0.2) is 0 Å². The van der Waals surface area contributed by atoms with Crippen LogP contribution in [0.15, 0.2) is 48.8 Å². The fourth-order valence-corrected chi connectivity index (χ4v) is 1.69. The van der Waals surface area contributed by atoms with Crippen molar-refractivity contribution in [2.45, 2.75) is 6.54 Å². The fraction of sp³-hybridized carbons (Fsp3) is 0.0714. The van der Waals surface area contributed by atoms with Crippen LogP contribution in [0, 0.1) is 22.7 Å². The van der Waals surface area contributed by atoms with Crippen LogP contribution in [-0.2, 0) is 6.54 Å². The molecule has 0 aliphatic heterocycles. The molecule has 1 heterocycles. The van der Waals surface area contributed by atoms with E-state index >= 15 is 0 Å². The van der Waals surface area contributed by atoms with Crippen molar-refractivity contribution >= 4 is 0 Å². The second-order valence-corrected chi connectivity index (χ2v) is 3.60. The molecule has 0 spiro atoms. The number of rotatable bonds is 2. The lowest BCUT2D eigenvalue weighted by Crippen LogP contribution is -3.00. The molecule has 0 N–H and O–H groups in total. The van der Waals surface area contributed by atoms with Crippen molar-refractivity contribution in [2.24, 2.45) is 0 Å². The number of hydrogen-bond acceptors (Lipinski definition) is 2. The molecule has 18 heavy (non-hydrogen) atoms. The standard InChI is InChI=1S/C14H10N3.BrH/c15-9-12-5-4-6-13(10-16)14(12)11-17-7-2-1-3-8-17;/h1-8H,11H2;1H/q+1;/p-1. The average molecular weight is 300 g/mol. The molecule has 0 unspecified atom stereocenters. The number of nitrogens with zero attached hydrogens (tertiary/aromatic N) is 3. The highest BCUT2D eigenvalue weighted by atomic mass is 79.9. The molecule has 0 radical (unpaired) electrons. The van der Waals surface area contributed by atoms with E-state index in [1.807, 2.05) is 35.2 Å². The zero-order valence-corrected chi connectivity index (χ0v) is 11.1. The predicted molar refractivity (Wildman–Crippen MR) is 61.6 cm³/mol. The Morgan fingerprint density at radius 2 is 1.44 bits per heavy atom. The SMILES string of the molecule is N#Cc1cccc(C#N)c1C[n+]1ccccc1.[Br-]. The van der Waals surface area contributed by atoms with Gasteiger partial charge in [-0.3, -0.25) is 0 Å². The number of aromatic nitrogens is 1. The number of benzene rings is 1. The first kappa shape index (κ1) is 13.9. The minimum Gasteiger partial charge on any atom is -1.00 e. The van der Waals surface area contributed by atoms with Crippen molar-refractivity contribution in [3.8, 4) is 12.1 Å². The van der Waals surface area contributed by atoms with Gasteiger partial charge in [0.1, 0.15) is 0 Å². The zero-order chi connectivity index (χ0) is 12.1. The van der Waals surface area contributed by atoms with Crippen molar-refractivity contribution in [3.05, 3.63) is 65.5 Å². The van der Waals surface area contributed by atoms with E-state index in [-0.39, 0.29) is 17.0 Å². The van der Waals surface area contributed by atoms with Crippen molar-refractivity contribution in [1.29, 1.82) is 10.5 Å². The Balaban J connectivity index is 0.00000162. The van der Waals surface area contributed by atoms with Crippen molar-refractivity contribution in [2.75, 3.05) is 0 Å². The lowest BCUT2D eigenvalue weighted by molar-refractivity contribution is -0.688. The molecule has 1 aromatic carbocycles. The Kier molecular flexibility index (Phi) is 5.05. The molecule has 2 rings (SSSR count). The maximum Gasteiger partial charge on any atom is 0.176 e. The third kappa shape index (κ3) is 2.94. The van der Waals surface area contributed by atoms with Gasteiger partial charge in [0.2, 0.25) is 0 Å². The lowest BCUT2D eigenvalue weighted by Gasteiger charge is -2.02. The molecular formula is C14H10BrN3. The van der Waals surface area contributed by atoms with Gasteiger partial charge < -0.3 is 17.0 Å². The van der Waals surface area contributed by atoms with E-state index in [4.69, 9.17) is 10.5 Å². The molecule has 2 aromatic rings. The van der Waals surface area contributed by atoms with E-state index in [2.05, 4.69) is 12.1 Å². The maximum atomic E-state index is 9.05. The fourth-order valence-electron chi connectivity index (χ4n) is 1.69. The molecule has 0 fully saturated rings. The minimum absolute atomic E-state index is 0. The Labute approximate surface area is 116 Å². The molecule has 0 saturated carbocycles. The lowest BCUT2D eigenvalue weighted by atomic mass is 10.0. The van der Waals surface area contributed by atoms with Gasteiger partial charge >= 0.3 is 0 Å². The summed E-state index contributed by atoms with van der Waals surface area (Å²) >= 11 is 0. The molecule has 0 saturated heterocycles. The summed E-state index contributed by atoms with van der Waals surface area (Å²) in [5, 5.41) is 18.1. The van der Waals surface area contributed by atoms with Gasteiger partial charge in [-0.2, -0.15) is 10.5 Å². The molecular weight excluding hydrogens is 290 g/mol. The van der Waals surface area contributed by atoms with Crippen molar-refractivity contribution in [3.63, 3.8) is 0 Å². The van der Waals surface area contributed by atoms with Crippen LogP contribution in [0.4, 0.5) is 0 Å². The first-order valence-corrected chi connectivity index (χ1v) is 5.21. The molecule has 1 aromatic heterocycles. The minimum atomic E-state index is 0. The van der Waals surface area contributed by atoms with Gasteiger partial charge in [-0.1, -0.05) is 12.1 Å². The topological polar surface area (TPSA) is 51.5 Å². The summed E-state index contributed by atoms with van der Waals surface area (Å²) in [6.07, 6.45) is 3.82. The van der Waals surface area contributed by atoms with Crippen LogP contribution in [0.1, 0.15) is 16.7 Å². The summed E-state index contributed by atoms with van der Waals surface area (Å²) in [6.45, 7) is 0.535. The number of nitriles is 2. The normalized spacial score (nSPS) is 8.78. The van der Waals surface area contributed by atoms with Gasteiger partial charge in [0.15, 0.2) is 18.9 Å². The predicted octanol–water partition coefficient (Wildman–Crippen LogP) is -1.23. The second-order valence-electron chi connectivity index (χ2n) is 3.60. The highest BCUT2D eigenvalue weighted by Gasteiger charge is 2.12. The maximum absolute atomic E-state index is 9.05. The first-order valence-electron chi connectivity index (χ1n) is 5.21. The molecule has 0 aliphatic carbocycles. The summed E-state index contributed by atoms with van der Waals surface area (Å²) in [6, 6.07) is 15.2. The zero-order valence-electron chi connectivity index (χ0n) is 9.55. The number of hydrogen-bond donors (Lipinski definition) is 0. The van der Waals surface area contributed by atoms with Crippen LogP contribution in [0.5, 0.6) is 0 Å². The van der Waals surface area contributed by atoms with Crippen molar-refractivity contribution < 1.29 is 21.5 Å². The highest BCUT2D eigenvalue weighted by molar-refractivity contribution is 5.47. The van der Waals surface area contributed by atoms with Crippen LogP contribution in [0.3, 0.4) is 0 Å². The molecule has 0 atom stereocenters. The summed E-state index contributed by atoms with van der Waals surface area (Å²) in [5.41, 5.74) is 1.88. The first-order chi connectivity index (χ1) is 8.35. The van der Waals surface area contributed by atoms with E-state index in [1.165, 1.54) is 0 Å². The quantitative estimate of drug-likeness (QED) is 0.652. The molecule has 0 aliphatic rings. The molecule has 0 bridgehead atoms. The van der Waals surface area contributed by atoms with Gasteiger partial charge in [0.05, 0.1) is 28.8 Å². The number of halogens is 1. The average Bonchev–Trinajstić information content (AvgIpc) is 2.40. The van der Waals surface area contributed by atoms with E-state index < -0.39 is 0 Å². The Bertz CT molecular complexity index is 577. The Morgan fingerprint density at radius 1 is 0.889 bits per heavy atom. The molecule has 4 heteroatoms. The smallest absolute Gasteiger partial charge is 0.176 e. The van der Waals surface area contributed by atoms with Crippen LogP contribution in [0.2, 0.25) is 0 Å². The summed E-state index contributed by atoms with van der Waals surface area (Å²) in [4.78, 5) is 0. The monoisotopic (exact) mass is 299 g/mol. The Morgan fingerprint density at radius 3 is 1.94 bits per heavy atom. The summed E-state index contributed by atoms with van der Waals surface area (Å²) in [5.74, 6) is 0. The van der Waals surface area contributed by atoms with E-state index in [0.717, 1.165) is 5.56 Å². The van der Waals surface area contributed by atoms with Gasteiger partial charge in [0, 0.05) is 12.1 Å². The van der Waals surface area contributed by atoms with Gasteiger partial charge in [-0.25, -0.2) is 4.57 Å². The molecule has 0 amide bonds. The third-order valence-corrected chi connectivity index (χ3v) is 2.53. The Hall–Kier alpha value is -2.17. The number of pyridine rings is 1. The van der Waals surface area contributed by atoms with E-state index in [0.29, 0.717) is 17.7 Å². The highest BCUT2D eigenvalue weighted by Crippen LogP contribution is 2.13. The van der Waals surface area contributed by atoms with E-state index in [9.17, 15) is 0 Å². The van der Waals surface area contributed by atoms with E-state index in [1.54, 1.807) is 18.2 Å². The van der Waals surface area contributed by atoms with Crippen molar-refractivity contribution in [1.82, 2.24) is 0 Å². The summed E-state index contributed by atoms with van der Waals surface area (Å²) in [7, 11) is 0. The molecule has 3 nitrogen and oxygen atoms in total. The van der Waals surface area contributed by atoms with Crippen LogP contribution >= 0.6 is 0 Å².